The van der Waals surface area contributed by atoms with Gasteiger partial charge in [-0.1, -0.05) is 18.2 Å². The van der Waals surface area contributed by atoms with Crippen molar-refractivity contribution >= 4 is 29.1 Å². The Labute approximate surface area is 251 Å². The van der Waals surface area contributed by atoms with Crippen molar-refractivity contribution in [1.82, 2.24) is 24.8 Å². The molecule has 6 rings (SSSR count). The van der Waals surface area contributed by atoms with Gasteiger partial charge in [-0.2, -0.15) is 4.98 Å². The first kappa shape index (κ1) is 28.4. The molecule has 2 aliphatic heterocycles. The van der Waals surface area contributed by atoms with Crippen LogP contribution in [0.25, 0.3) is 5.82 Å². The van der Waals surface area contributed by atoms with Gasteiger partial charge < -0.3 is 30.2 Å². The van der Waals surface area contributed by atoms with E-state index >= 15 is 0 Å². The molecular weight excluding hydrogens is 542 g/mol. The van der Waals surface area contributed by atoms with Crippen molar-refractivity contribution in [1.29, 1.82) is 0 Å². The fourth-order valence-electron chi connectivity index (χ4n) is 6.02. The van der Waals surface area contributed by atoms with Crippen molar-refractivity contribution in [2.75, 3.05) is 37.9 Å². The molecule has 4 heterocycles. The van der Waals surface area contributed by atoms with Crippen LogP contribution < -0.4 is 20.7 Å². The van der Waals surface area contributed by atoms with E-state index < -0.39 is 0 Å². The molecule has 0 bridgehead atoms. The molecule has 1 fully saturated rings. The number of benzene rings is 2. The Balaban J connectivity index is 1.20. The number of likely N-dealkylation sites (N-methyl/N-ethyl adjacent to an activating group) is 1. The number of ether oxygens (including phenoxy) is 1. The summed E-state index contributed by atoms with van der Waals surface area (Å²) in [5.74, 6) is 1.39. The molecular formula is C33H37N7O3. The lowest BCUT2D eigenvalue weighted by atomic mass is 10.0. The number of hydrogen-bond donors (Lipinski definition) is 3. The smallest absolute Gasteiger partial charge is 0.257 e. The van der Waals surface area contributed by atoms with E-state index in [4.69, 9.17) is 9.72 Å². The fraction of sp³-hybridized carbons (Fsp3) is 0.333. The van der Waals surface area contributed by atoms with Gasteiger partial charge in [0.25, 0.3) is 11.8 Å². The number of carbonyl (C=O) groups excluding carboxylic acids is 2. The van der Waals surface area contributed by atoms with Gasteiger partial charge in [0.1, 0.15) is 11.6 Å². The second kappa shape index (κ2) is 11.9. The minimum Gasteiger partial charge on any atom is -0.495 e. The van der Waals surface area contributed by atoms with E-state index in [1.807, 2.05) is 55.1 Å². The highest BCUT2D eigenvalue weighted by atomic mass is 16.5. The van der Waals surface area contributed by atoms with Gasteiger partial charge in [0.15, 0.2) is 0 Å². The minimum atomic E-state index is -0.133. The molecule has 2 aromatic carbocycles. The van der Waals surface area contributed by atoms with Gasteiger partial charge >= 0.3 is 0 Å². The van der Waals surface area contributed by atoms with Crippen LogP contribution in [0, 0.1) is 13.8 Å². The van der Waals surface area contributed by atoms with Crippen LogP contribution in [-0.2, 0) is 12.8 Å². The average Bonchev–Trinajstić information content (AvgIpc) is 3.44. The predicted octanol–water partition coefficient (Wildman–Crippen LogP) is 4.81. The molecule has 3 N–H and O–H groups in total. The molecule has 1 atom stereocenters. The number of nitrogens with zero attached hydrogens (tertiary/aromatic N) is 4. The Morgan fingerprint density at radius 3 is 2.63 bits per heavy atom. The van der Waals surface area contributed by atoms with Crippen LogP contribution in [0.15, 0.2) is 54.9 Å². The van der Waals surface area contributed by atoms with E-state index in [-0.39, 0.29) is 17.9 Å². The number of aromatic nitrogens is 3. The summed E-state index contributed by atoms with van der Waals surface area (Å²) < 4.78 is 7.59. The van der Waals surface area contributed by atoms with Gasteiger partial charge in [0, 0.05) is 47.5 Å². The topological polar surface area (TPSA) is 113 Å². The van der Waals surface area contributed by atoms with Crippen LogP contribution in [0.1, 0.15) is 55.9 Å². The number of fused-ring (bicyclic) bond motifs is 3. The molecule has 2 amide bonds. The molecule has 1 unspecified atom stereocenters. The van der Waals surface area contributed by atoms with E-state index in [1.54, 1.807) is 25.3 Å². The Kier molecular flexibility index (Phi) is 7.86. The van der Waals surface area contributed by atoms with Gasteiger partial charge in [-0.3, -0.25) is 9.59 Å². The number of likely N-dealkylation sites (tertiary alicyclic amines) is 1. The van der Waals surface area contributed by atoms with E-state index in [0.717, 1.165) is 66.2 Å². The third-order valence-electron chi connectivity index (χ3n) is 8.33. The number of rotatable bonds is 7. The lowest BCUT2D eigenvalue weighted by molar-refractivity contribution is 0.0911. The first-order valence-electron chi connectivity index (χ1n) is 14.7. The summed E-state index contributed by atoms with van der Waals surface area (Å²) in [5, 5.41) is 9.51. The summed E-state index contributed by atoms with van der Waals surface area (Å²) in [5.41, 5.74) is 6.63. The van der Waals surface area contributed by atoms with Crippen molar-refractivity contribution in [3.05, 3.63) is 88.4 Å². The number of aryl methyl sites for hydroxylation is 3. The molecule has 10 nitrogen and oxygen atoms in total. The summed E-state index contributed by atoms with van der Waals surface area (Å²) in [6.45, 7) is 5.89. The van der Waals surface area contributed by atoms with Crippen LogP contribution in [0.4, 0.5) is 17.3 Å². The molecule has 2 aliphatic rings. The van der Waals surface area contributed by atoms with Crippen LogP contribution in [0.3, 0.4) is 0 Å². The molecule has 0 spiro atoms. The van der Waals surface area contributed by atoms with Crippen LogP contribution in [-0.4, -0.2) is 64.5 Å². The maximum absolute atomic E-state index is 13.3. The van der Waals surface area contributed by atoms with Gasteiger partial charge in [0.2, 0.25) is 5.95 Å². The molecule has 222 valence electrons. The van der Waals surface area contributed by atoms with E-state index in [9.17, 15) is 9.59 Å². The quantitative estimate of drug-likeness (QED) is 0.288. The first-order valence-corrected chi connectivity index (χ1v) is 14.7. The number of nitrogens with one attached hydrogen (secondary N) is 3. The maximum Gasteiger partial charge on any atom is 0.257 e. The monoisotopic (exact) mass is 579 g/mol. The standard InChI is InChI=1S/C33H37N7O3/c1-20-7-5-8-21(2)29(20)37-32(42)25-14-16-40-27(25)13-11-23-18-34-33(38-30(23)40)36-26-12-10-22(17-28(26)43-4)31(41)35-24-9-6-15-39(3)19-24/h5,7-8,10,12,14,16-18,24H,6,9,11,13,15,19H2,1-4H3,(H,35,41)(H,37,42)(H,34,36,38). The van der Waals surface area contributed by atoms with Crippen molar-refractivity contribution in [2.45, 2.75) is 45.6 Å². The van der Waals surface area contributed by atoms with E-state index in [1.165, 1.54) is 0 Å². The first-order chi connectivity index (χ1) is 20.8. The molecule has 1 saturated heterocycles. The van der Waals surface area contributed by atoms with Crippen LogP contribution in [0.5, 0.6) is 5.75 Å². The van der Waals surface area contributed by atoms with Crippen LogP contribution >= 0.6 is 0 Å². The number of methoxy groups -OCH3 is 1. The number of para-hydroxylation sites is 1. The highest BCUT2D eigenvalue weighted by Gasteiger charge is 2.25. The summed E-state index contributed by atoms with van der Waals surface area (Å²) in [4.78, 5) is 37.9. The largest absolute Gasteiger partial charge is 0.495 e. The third-order valence-corrected chi connectivity index (χ3v) is 8.33. The molecule has 2 aromatic heterocycles. The lowest BCUT2D eigenvalue weighted by Gasteiger charge is -2.30. The van der Waals surface area contributed by atoms with Crippen molar-refractivity contribution in [3.63, 3.8) is 0 Å². The average molecular weight is 580 g/mol. The summed E-state index contributed by atoms with van der Waals surface area (Å²) in [6.07, 6.45) is 7.19. The Bertz CT molecular complexity index is 1680. The number of carbonyl (C=O) groups is 2. The molecule has 0 saturated carbocycles. The van der Waals surface area contributed by atoms with E-state index in [2.05, 4.69) is 32.9 Å². The molecule has 10 heteroatoms. The zero-order valence-electron chi connectivity index (χ0n) is 25.0. The van der Waals surface area contributed by atoms with Gasteiger partial charge in [-0.25, -0.2) is 4.98 Å². The van der Waals surface area contributed by atoms with Crippen LogP contribution in [0.2, 0.25) is 0 Å². The lowest BCUT2D eigenvalue weighted by Crippen LogP contribution is -2.46. The summed E-state index contributed by atoms with van der Waals surface area (Å²) in [7, 11) is 3.65. The van der Waals surface area contributed by atoms with Crippen molar-refractivity contribution in [3.8, 4) is 11.6 Å². The predicted molar refractivity (Wildman–Crippen MR) is 167 cm³/mol. The molecule has 43 heavy (non-hydrogen) atoms. The maximum atomic E-state index is 13.3. The fourth-order valence-corrected chi connectivity index (χ4v) is 6.02. The highest BCUT2D eigenvalue weighted by Crippen LogP contribution is 2.31. The second-order valence-electron chi connectivity index (χ2n) is 11.4. The highest BCUT2D eigenvalue weighted by molar-refractivity contribution is 6.06. The second-order valence-corrected chi connectivity index (χ2v) is 11.4. The van der Waals surface area contributed by atoms with Gasteiger partial charge in [-0.15, -0.1) is 0 Å². The molecule has 0 radical (unpaired) electrons. The third kappa shape index (κ3) is 5.83. The number of piperidine rings is 1. The number of amides is 2. The normalized spacial score (nSPS) is 16.1. The SMILES string of the molecule is COc1cc(C(=O)NC2CCCN(C)C2)ccc1Nc1ncc2c(n1)-n1ccc(C(=O)Nc3c(C)cccc3C)c1CC2. The Morgan fingerprint density at radius 2 is 1.86 bits per heavy atom. The Hall–Kier alpha value is -4.70. The van der Waals surface area contributed by atoms with E-state index in [0.29, 0.717) is 34.9 Å². The summed E-state index contributed by atoms with van der Waals surface area (Å²) in [6, 6.07) is 13.3. The zero-order valence-corrected chi connectivity index (χ0v) is 25.0. The minimum absolute atomic E-state index is 0.118. The zero-order chi connectivity index (χ0) is 30.1. The number of anilines is 3. The number of hydrogen-bond acceptors (Lipinski definition) is 7. The van der Waals surface area contributed by atoms with Crippen molar-refractivity contribution < 1.29 is 14.3 Å². The Morgan fingerprint density at radius 1 is 1.05 bits per heavy atom. The molecule has 4 aromatic rings. The summed E-state index contributed by atoms with van der Waals surface area (Å²) >= 11 is 0. The van der Waals surface area contributed by atoms with Crippen molar-refractivity contribution in [2.24, 2.45) is 0 Å². The van der Waals surface area contributed by atoms with Gasteiger partial charge in [-0.05, 0) is 88.5 Å². The molecule has 0 aliphatic carbocycles. The van der Waals surface area contributed by atoms with Gasteiger partial charge in [0.05, 0.1) is 18.4 Å².